The summed E-state index contributed by atoms with van der Waals surface area (Å²) in [6.07, 6.45) is 5.12. The lowest BCUT2D eigenvalue weighted by molar-refractivity contribution is -0.117. The number of benzene rings is 3. The number of halogens is 4. The number of carbonyl (C=O) groups is 1. The summed E-state index contributed by atoms with van der Waals surface area (Å²) in [5.41, 5.74) is 5.65. The van der Waals surface area contributed by atoms with E-state index in [-0.39, 0.29) is 11.9 Å². The maximum Gasteiger partial charge on any atom is 0.247 e. The Labute approximate surface area is 230 Å². The maximum absolute atomic E-state index is 13.1. The lowest BCUT2D eigenvalue weighted by Crippen LogP contribution is -2.30. The van der Waals surface area contributed by atoms with Gasteiger partial charge in [0, 0.05) is 27.1 Å². The Balaban J connectivity index is 1.35. The van der Waals surface area contributed by atoms with Crippen LogP contribution in [-0.4, -0.2) is 18.2 Å². The number of anilines is 1. The predicted octanol–water partition coefficient (Wildman–Crippen LogP) is 8.14. The quantitative estimate of drug-likeness (QED) is 0.343. The van der Waals surface area contributed by atoms with Crippen molar-refractivity contribution in [2.45, 2.75) is 31.7 Å². The zero-order chi connectivity index (χ0) is 25.2. The fraction of sp³-hybridized carbons (Fsp3) is 0.214. The molecule has 0 spiro atoms. The molecule has 0 saturated carbocycles. The van der Waals surface area contributed by atoms with Crippen LogP contribution in [0, 0.1) is 0 Å². The summed E-state index contributed by atoms with van der Waals surface area (Å²) >= 11 is 24.9. The van der Waals surface area contributed by atoms with Gasteiger partial charge in [0.25, 0.3) is 0 Å². The lowest BCUT2D eigenvalue weighted by atomic mass is 10.0. The van der Waals surface area contributed by atoms with Gasteiger partial charge in [-0.05, 0) is 84.5 Å². The predicted molar refractivity (Wildman–Crippen MR) is 151 cm³/mol. The largest absolute Gasteiger partial charge is 0.347 e. The van der Waals surface area contributed by atoms with Crippen molar-refractivity contribution >= 4 is 69.8 Å². The fourth-order valence-corrected chi connectivity index (χ4v) is 5.46. The smallest absolute Gasteiger partial charge is 0.247 e. The van der Waals surface area contributed by atoms with E-state index in [0.717, 1.165) is 46.0 Å². The molecule has 1 amide bonds. The zero-order valence-electron chi connectivity index (χ0n) is 19.3. The molecule has 0 saturated heterocycles. The number of fused-ring (bicyclic) bond motifs is 1. The monoisotopic (exact) mass is 557 g/mol. The summed E-state index contributed by atoms with van der Waals surface area (Å²) in [7, 11) is 0. The molecule has 0 bridgehead atoms. The molecule has 8 heteroatoms. The summed E-state index contributed by atoms with van der Waals surface area (Å²) in [5.74, 6) is -0.0773. The molecule has 1 N–H and O–H groups in total. The van der Waals surface area contributed by atoms with Crippen LogP contribution in [0.3, 0.4) is 0 Å². The zero-order valence-corrected chi connectivity index (χ0v) is 22.3. The minimum absolute atomic E-state index is 0.0773. The van der Waals surface area contributed by atoms with E-state index in [1.807, 2.05) is 59.6 Å². The summed E-state index contributed by atoms with van der Waals surface area (Å²) in [5, 5.41) is 12.3. The highest BCUT2D eigenvalue weighted by Crippen LogP contribution is 2.39. The summed E-state index contributed by atoms with van der Waals surface area (Å²) in [4.78, 5) is 13.1. The summed E-state index contributed by atoms with van der Waals surface area (Å²) < 4.78 is 0. The van der Waals surface area contributed by atoms with Gasteiger partial charge in [0.2, 0.25) is 5.91 Å². The highest BCUT2D eigenvalue weighted by atomic mass is 35.5. The van der Waals surface area contributed by atoms with Gasteiger partial charge < -0.3 is 5.32 Å². The standard InChI is InChI=1S/C28H23Cl4N3O/c29-21-7-4-17(5-8-21)27-15-24(34-35(27)26-11-10-23(31)14-25(26)32)16-33-28(36)20-3-1-2-18-13-22(30)9-6-19(18)12-20/h4-14,27H,1-3,15-16H2,(H,33,36). The fourth-order valence-electron chi connectivity index (χ4n) is 4.65. The molecule has 2 aliphatic rings. The molecule has 1 atom stereocenters. The Morgan fingerprint density at radius 2 is 1.64 bits per heavy atom. The number of nitrogens with one attached hydrogen (secondary N) is 1. The highest BCUT2D eigenvalue weighted by molar-refractivity contribution is 6.36. The Hall–Kier alpha value is -2.50. The molecule has 1 aliphatic heterocycles. The molecular formula is C28H23Cl4N3O. The second-order valence-electron chi connectivity index (χ2n) is 8.93. The van der Waals surface area contributed by atoms with Crippen LogP contribution in [0.1, 0.15) is 42.0 Å². The van der Waals surface area contributed by atoms with E-state index in [2.05, 4.69) is 5.32 Å². The third kappa shape index (κ3) is 5.57. The molecule has 4 nitrogen and oxygen atoms in total. The first-order valence-corrected chi connectivity index (χ1v) is 13.2. The van der Waals surface area contributed by atoms with Crippen LogP contribution in [0.15, 0.2) is 71.3 Å². The van der Waals surface area contributed by atoms with Gasteiger partial charge in [-0.25, -0.2) is 0 Å². The Bertz CT molecular complexity index is 1370. The van der Waals surface area contributed by atoms with Crippen LogP contribution >= 0.6 is 46.4 Å². The van der Waals surface area contributed by atoms with Gasteiger partial charge >= 0.3 is 0 Å². The van der Waals surface area contributed by atoms with Crippen LogP contribution in [0.4, 0.5) is 5.69 Å². The highest BCUT2D eigenvalue weighted by Gasteiger charge is 2.30. The average molecular weight is 559 g/mol. The van der Waals surface area contributed by atoms with Gasteiger partial charge in [-0.15, -0.1) is 0 Å². The molecule has 1 heterocycles. The minimum atomic E-state index is -0.0819. The number of carbonyl (C=O) groups excluding carboxylic acids is 1. The number of rotatable bonds is 5. The van der Waals surface area contributed by atoms with Crippen molar-refractivity contribution in [3.05, 3.63) is 103 Å². The van der Waals surface area contributed by atoms with Crippen molar-refractivity contribution in [2.24, 2.45) is 5.10 Å². The third-order valence-corrected chi connectivity index (χ3v) is 7.48. The van der Waals surface area contributed by atoms with Gasteiger partial charge in [-0.3, -0.25) is 9.80 Å². The molecule has 1 unspecified atom stereocenters. The van der Waals surface area contributed by atoms with Crippen molar-refractivity contribution < 1.29 is 4.79 Å². The number of amides is 1. The van der Waals surface area contributed by atoms with E-state index in [1.54, 1.807) is 12.1 Å². The third-order valence-electron chi connectivity index (χ3n) is 6.46. The normalized spacial score (nSPS) is 17.2. The molecule has 36 heavy (non-hydrogen) atoms. The number of nitrogens with zero attached hydrogens (tertiary/aromatic N) is 2. The number of hydrazone groups is 1. The molecule has 5 rings (SSSR count). The Kier molecular flexibility index (Phi) is 7.59. The van der Waals surface area contributed by atoms with Gasteiger partial charge in [0.05, 0.1) is 29.0 Å². The van der Waals surface area contributed by atoms with E-state index in [4.69, 9.17) is 51.5 Å². The minimum Gasteiger partial charge on any atom is -0.347 e. The number of aryl methyl sites for hydroxylation is 1. The number of hydrogen-bond acceptors (Lipinski definition) is 3. The van der Waals surface area contributed by atoms with Crippen LogP contribution < -0.4 is 10.3 Å². The molecule has 0 aromatic heterocycles. The first-order chi connectivity index (χ1) is 17.4. The second kappa shape index (κ2) is 10.9. The van der Waals surface area contributed by atoms with E-state index < -0.39 is 0 Å². The van der Waals surface area contributed by atoms with E-state index in [1.165, 1.54) is 5.56 Å². The lowest BCUT2D eigenvalue weighted by Gasteiger charge is -2.25. The van der Waals surface area contributed by atoms with E-state index >= 15 is 0 Å². The van der Waals surface area contributed by atoms with Gasteiger partial charge in [0.1, 0.15) is 0 Å². The molecule has 1 aliphatic carbocycles. The van der Waals surface area contributed by atoms with Crippen molar-refractivity contribution in [1.82, 2.24) is 5.32 Å². The first-order valence-electron chi connectivity index (χ1n) is 11.7. The van der Waals surface area contributed by atoms with E-state index in [0.29, 0.717) is 34.5 Å². The van der Waals surface area contributed by atoms with Crippen molar-refractivity contribution in [3.63, 3.8) is 0 Å². The Morgan fingerprint density at radius 1 is 0.917 bits per heavy atom. The Morgan fingerprint density at radius 3 is 2.42 bits per heavy atom. The van der Waals surface area contributed by atoms with Crippen LogP contribution in [0.5, 0.6) is 0 Å². The maximum atomic E-state index is 13.1. The van der Waals surface area contributed by atoms with Gasteiger partial charge in [-0.1, -0.05) is 64.6 Å². The topological polar surface area (TPSA) is 44.7 Å². The molecular weight excluding hydrogens is 536 g/mol. The van der Waals surface area contributed by atoms with Crippen LogP contribution in [-0.2, 0) is 11.2 Å². The van der Waals surface area contributed by atoms with Crippen molar-refractivity contribution in [1.29, 1.82) is 0 Å². The van der Waals surface area contributed by atoms with Crippen LogP contribution in [0.2, 0.25) is 20.1 Å². The molecule has 0 radical (unpaired) electrons. The second-order valence-corrected chi connectivity index (χ2v) is 10.6. The molecule has 184 valence electrons. The first kappa shape index (κ1) is 25.2. The number of hydrogen-bond donors (Lipinski definition) is 1. The average Bonchev–Trinajstić information content (AvgIpc) is 3.15. The SMILES string of the molecule is O=C(NCC1=NN(c2ccc(Cl)cc2Cl)C(c2ccc(Cl)cc2)C1)C1=Cc2ccc(Cl)cc2CCC1. The molecule has 0 fully saturated rings. The molecule has 3 aromatic rings. The van der Waals surface area contributed by atoms with Crippen molar-refractivity contribution in [2.75, 3.05) is 11.6 Å². The summed E-state index contributed by atoms with van der Waals surface area (Å²) in [6.45, 7) is 0.343. The van der Waals surface area contributed by atoms with Crippen LogP contribution in [0.25, 0.3) is 6.08 Å². The summed E-state index contributed by atoms with van der Waals surface area (Å²) in [6, 6.07) is 18.8. The van der Waals surface area contributed by atoms with E-state index in [9.17, 15) is 4.79 Å². The molecule has 3 aromatic carbocycles. The van der Waals surface area contributed by atoms with Crippen molar-refractivity contribution in [3.8, 4) is 0 Å². The van der Waals surface area contributed by atoms with Gasteiger partial charge in [-0.2, -0.15) is 5.10 Å². The van der Waals surface area contributed by atoms with Gasteiger partial charge in [0.15, 0.2) is 0 Å².